The number of methoxy groups -OCH3 is 1. The number of aromatic nitrogens is 5. The number of pyridine rings is 1. The summed E-state index contributed by atoms with van der Waals surface area (Å²) in [6.07, 6.45) is 4.55. The number of aryl methyl sites for hydroxylation is 1. The van der Waals surface area contributed by atoms with Crippen molar-refractivity contribution in [3.05, 3.63) is 54.4 Å². The first kappa shape index (κ1) is 14.5. The van der Waals surface area contributed by atoms with Crippen LogP contribution in [0, 0.1) is 0 Å². The molecule has 0 aliphatic carbocycles. The molecule has 0 bridgehead atoms. The maximum Gasteiger partial charge on any atom is 0.214 e. The molecule has 22 heavy (non-hydrogen) atoms. The molecule has 0 N–H and O–H groups in total. The van der Waals surface area contributed by atoms with Gasteiger partial charge in [0.2, 0.25) is 5.16 Å². The van der Waals surface area contributed by atoms with Crippen LogP contribution in [-0.2, 0) is 6.42 Å². The van der Waals surface area contributed by atoms with Gasteiger partial charge in [-0.1, -0.05) is 23.9 Å². The van der Waals surface area contributed by atoms with E-state index >= 15 is 0 Å². The molecule has 0 radical (unpaired) electrons. The predicted octanol–water partition coefficient (Wildman–Crippen LogP) is 2.40. The van der Waals surface area contributed by atoms with Gasteiger partial charge in [-0.3, -0.25) is 4.98 Å². The first-order valence-electron chi connectivity index (χ1n) is 6.82. The highest BCUT2D eigenvalue weighted by Crippen LogP contribution is 2.25. The molecule has 0 aliphatic heterocycles. The molecule has 0 atom stereocenters. The van der Waals surface area contributed by atoms with Crippen molar-refractivity contribution < 1.29 is 4.74 Å². The van der Waals surface area contributed by atoms with Crippen LogP contribution in [0.5, 0.6) is 5.75 Å². The third-order valence-corrected chi connectivity index (χ3v) is 4.05. The Hall–Kier alpha value is -2.41. The highest BCUT2D eigenvalue weighted by Gasteiger charge is 2.12. The largest absolute Gasteiger partial charge is 0.494 e. The molecule has 6 nitrogen and oxygen atoms in total. The fourth-order valence-electron chi connectivity index (χ4n) is 2.03. The minimum absolute atomic E-state index is 0.741. The van der Waals surface area contributed by atoms with Crippen LogP contribution in [0.1, 0.15) is 5.56 Å². The van der Waals surface area contributed by atoms with E-state index in [0.717, 1.165) is 28.8 Å². The zero-order chi connectivity index (χ0) is 15.2. The molecule has 0 saturated carbocycles. The van der Waals surface area contributed by atoms with Gasteiger partial charge in [-0.15, -0.1) is 5.10 Å². The molecule has 0 saturated heterocycles. The molecule has 3 rings (SSSR count). The van der Waals surface area contributed by atoms with E-state index in [-0.39, 0.29) is 0 Å². The number of rotatable bonds is 6. The zero-order valence-electron chi connectivity index (χ0n) is 12.1. The molecular formula is C15H15N5OS. The molecule has 0 aliphatic rings. The van der Waals surface area contributed by atoms with Gasteiger partial charge in [-0.2, -0.15) is 4.68 Å². The van der Waals surface area contributed by atoms with E-state index < -0.39 is 0 Å². The lowest BCUT2D eigenvalue weighted by Crippen LogP contribution is -2.02. The van der Waals surface area contributed by atoms with E-state index in [4.69, 9.17) is 4.74 Å². The van der Waals surface area contributed by atoms with Gasteiger partial charge < -0.3 is 4.74 Å². The second-order valence-electron chi connectivity index (χ2n) is 4.50. The van der Waals surface area contributed by atoms with Gasteiger partial charge in [0.15, 0.2) is 0 Å². The van der Waals surface area contributed by atoms with Crippen LogP contribution in [-0.4, -0.2) is 38.1 Å². The minimum Gasteiger partial charge on any atom is -0.494 e. The third-order valence-electron chi connectivity index (χ3n) is 3.13. The lowest BCUT2D eigenvalue weighted by Gasteiger charge is -2.08. The Morgan fingerprint density at radius 2 is 1.95 bits per heavy atom. The minimum atomic E-state index is 0.741. The summed E-state index contributed by atoms with van der Waals surface area (Å²) < 4.78 is 7.07. The van der Waals surface area contributed by atoms with E-state index in [1.165, 1.54) is 5.56 Å². The molecule has 0 spiro atoms. The Labute approximate surface area is 132 Å². The zero-order valence-corrected chi connectivity index (χ0v) is 12.9. The Bertz CT molecular complexity index is 732. The normalized spacial score (nSPS) is 10.6. The highest BCUT2D eigenvalue weighted by molar-refractivity contribution is 7.99. The molecule has 3 aromatic rings. The molecule has 2 aromatic heterocycles. The van der Waals surface area contributed by atoms with Crippen molar-refractivity contribution in [2.45, 2.75) is 11.6 Å². The van der Waals surface area contributed by atoms with Gasteiger partial charge in [0.1, 0.15) is 11.4 Å². The van der Waals surface area contributed by atoms with Crippen LogP contribution in [0.2, 0.25) is 0 Å². The number of hydrogen-bond acceptors (Lipinski definition) is 6. The van der Waals surface area contributed by atoms with Crippen LogP contribution < -0.4 is 4.74 Å². The van der Waals surface area contributed by atoms with Gasteiger partial charge >= 0.3 is 0 Å². The van der Waals surface area contributed by atoms with Crippen molar-refractivity contribution in [1.82, 2.24) is 25.2 Å². The van der Waals surface area contributed by atoms with Crippen LogP contribution in [0.3, 0.4) is 0 Å². The lowest BCUT2D eigenvalue weighted by atomic mass is 10.2. The maximum absolute atomic E-state index is 5.37. The van der Waals surface area contributed by atoms with Gasteiger partial charge in [0, 0.05) is 18.1 Å². The number of ether oxygens (including phenoxy) is 1. The van der Waals surface area contributed by atoms with Crippen LogP contribution >= 0.6 is 11.8 Å². The van der Waals surface area contributed by atoms with Crippen molar-refractivity contribution in [3.63, 3.8) is 0 Å². The molecule has 2 heterocycles. The highest BCUT2D eigenvalue weighted by atomic mass is 32.2. The summed E-state index contributed by atoms with van der Waals surface area (Å²) in [5, 5.41) is 12.7. The first-order valence-corrected chi connectivity index (χ1v) is 7.80. The Balaban J connectivity index is 1.72. The Morgan fingerprint density at radius 1 is 1.14 bits per heavy atom. The van der Waals surface area contributed by atoms with Crippen LogP contribution in [0.25, 0.3) is 5.69 Å². The SMILES string of the molecule is COc1ccccc1-n1nnnc1SCCc1ccncc1. The standard InChI is InChI=1S/C15H15N5OS/c1-21-14-5-3-2-4-13(14)20-15(17-18-19-20)22-11-8-12-6-9-16-10-7-12/h2-7,9-10H,8,11H2,1H3. The predicted molar refractivity (Wildman–Crippen MR) is 84.4 cm³/mol. The number of thioether (sulfide) groups is 1. The maximum atomic E-state index is 5.37. The smallest absolute Gasteiger partial charge is 0.214 e. The van der Waals surface area contributed by atoms with Crippen molar-refractivity contribution >= 4 is 11.8 Å². The molecule has 1 aromatic carbocycles. The van der Waals surface area contributed by atoms with Gasteiger partial charge in [-0.25, -0.2) is 0 Å². The van der Waals surface area contributed by atoms with E-state index in [9.17, 15) is 0 Å². The van der Waals surface area contributed by atoms with Gasteiger partial charge in [0.05, 0.1) is 7.11 Å². The van der Waals surface area contributed by atoms with Crippen LogP contribution in [0.4, 0.5) is 0 Å². The summed E-state index contributed by atoms with van der Waals surface area (Å²) >= 11 is 1.61. The van der Waals surface area contributed by atoms with E-state index in [1.54, 1.807) is 35.9 Å². The quantitative estimate of drug-likeness (QED) is 0.651. The fourth-order valence-corrected chi connectivity index (χ4v) is 2.91. The Kier molecular flexibility index (Phi) is 4.65. The lowest BCUT2D eigenvalue weighted by molar-refractivity contribution is 0.410. The Morgan fingerprint density at radius 3 is 2.77 bits per heavy atom. The molecule has 0 fully saturated rings. The van der Waals surface area contributed by atoms with Crippen molar-refractivity contribution in [1.29, 1.82) is 0 Å². The van der Waals surface area contributed by atoms with Gasteiger partial charge in [-0.05, 0) is 46.7 Å². The van der Waals surface area contributed by atoms with E-state index in [0.29, 0.717) is 0 Å². The summed E-state index contributed by atoms with van der Waals surface area (Å²) in [7, 11) is 1.64. The van der Waals surface area contributed by atoms with Crippen molar-refractivity contribution in [2.24, 2.45) is 0 Å². The van der Waals surface area contributed by atoms with Gasteiger partial charge in [0.25, 0.3) is 0 Å². The average Bonchev–Trinajstić information content (AvgIpc) is 3.04. The number of tetrazole rings is 1. The summed E-state index contributed by atoms with van der Waals surface area (Å²) in [6.45, 7) is 0. The second kappa shape index (κ2) is 7.04. The van der Waals surface area contributed by atoms with Crippen molar-refractivity contribution in [3.8, 4) is 11.4 Å². The van der Waals surface area contributed by atoms with Crippen molar-refractivity contribution in [2.75, 3.05) is 12.9 Å². The van der Waals surface area contributed by atoms with E-state index in [1.807, 2.05) is 36.4 Å². The number of benzene rings is 1. The molecule has 112 valence electrons. The number of hydrogen-bond donors (Lipinski definition) is 0. The fraction of sp³-hybridized carbons (Fsp3) is 0.200. The second-order valence-corrected chi connectivity index (χ2v) is 5.56. The van der Waals surface area contributed by atoms with E-state index in [2.05, 4.69) is 20.5 Å². The van der Waals surface area contributed by atoms with Crippen LogP contribution in [0.15, 0.2) is 53.9 Å². The third kappa shape index (κ3) is 3.25. The molecule has 0 amide bonds. The molecule has 7 heteroatoms. The molecule has 0 unspecified atom stereocenters. The summed E-state index contributed by atoms with van der Waals surface area (Å²) in [5.74, 6) is 1.63. The average molecular weight is 313 g/mol. The summed E-state index contributed by atoms with van der Waals surface area (Å²) in [4.78, 5) is 4.02. The first-order chi connectivity index (χ1) is 10.9. The number of nitrogens with zero attached hydrogens (tertiary/aromatic N) is 5. The monoisotopic (exact) mass is 313 g/mol. The number of para-hydroxylation sites is 2. The summed E-state index contributed by atoms with van der Waals surface area (Å²) in [5.41, 5.74) is 2.08. The molecular weight excluding hydrogens is 298 g/mol. The summed E-state index contributed by atoms with van der Waals surface area (Å²) in [6, 6.07) is 11.7. The topological polar surface area (TPSA) is 65.7 Å².